The van der Waals surface area contributed by atoms with Crippen LogP contribution in [0.3, 0.4) is 0 Å². The SMILES string of the molecule is CC(C)Cc1cccc2c1CN(S(C)(=O)=O)CC2. The summed E-state index contributed by atoms with van der Waals surface area (Å²) < 4.78 is 24.9. The standard InChI is InChI=1S/C14H21NO2S/c1-11(2)9-13-6-4-5-12-7-8-15(10-14(12)13)18(3,16)17/h4-6,11H,7-10H2,1-3H3. The Balaban J connectivity index is 2.34. The van der Waals surface area contributed by atoms with E-state index < -0.39 is 10.0 Å². The molecule has 0 radical (unpaired) electrons. The molecule has 0 N–H and O–H groups in total. The Hall–Kier alpha value is -0.870. The molecule has 1 aromatic carbocycles. The van der Waals surface area contributed by atoms with Crippen LogP contribution in [0, 0.1) is 5.92 Å². The van der Waals surface area contributed by atoms with Crippen molar-refractivity contribution in [1.29, 1.82) is 0 Å². The van der Waals surface area contributed by atoms with E-state index in [9.17, 15) is 8.42 Å². The first-order valence-corrected chi connectivity index (χ1v) is 8.27. The molecule has 0 saturated heterocycles. The Morgan fingerprint density at radius 1 is 1.33 bits per heavy atom. The topological polar surface area (TPSA) is 37.4 Å². The molecule has 18 heavy (non-hydrogen) atoms. The molecule has 0 atom stereocenters. The molecule has 0 bridgehead atoms. The Kier molecular flexibility index (Phi) is 3.78. The van der Waals surface area contributed by atoms with Gasteiger partial charge in [-0.15, -0.1) is 0 Å². The molecule has 0 amide bonds. The highest BCUT2D eigenvalue weighted by atomic mass is 32.2. The van der Waals surface area contributed by atoms with Crippen molar-refractivity contribution in [3.05, 3.63) is 34.9 Å². The number of rotatable bonds is 3. The third kappa shape index (κ3) is 2.93. The van der Waals surface area contributed by atoms with E-state index in [1.54, 1.807) is 4.31 Å². The Morgan fingerprint density at radius 3 is 2.67 bits per heavy atom. The fraction of sp³-hybridized carbons (Fsp3) is 0.571. The predicted molar refractivity (Wildman–Crippen MR) is 73.9 cm³/mol. The number of nitrogens with zero attached hydrogens (tertiary/aromatic N) is 1. The maximum atomic E-state index is 11.7. The van der Waals surface area contributed by atoms with E-state index in [-0.39, 0.29) is 0 Å². The average Bonchev–Trinajstić information content (AvgIpc) is 2.27. The quantitative estimate of drug-likeness (QED) is 0.842. The van der Waals surface area contributed by atoms with Crippen molar-refractivity contribution in [2.75, 3.05) is 12.8 Å². The van der Waals surface area contributed by atoms with Crippen molar-refractivity contribution < 1.29 is 8.42 Å². The molecule has 1 aliphatic rings. The third-order valence-electron chi connectivity index (χ3n) is 3.43. The first-order valence-electron chi connectivity index (χ1n) is 6.42. The molecule has 2 rings (SSSR count). The van der Waals surface area contributed by atoms with E-state index in [1.165, 1.54) is 22.9 Å². The maximum absolute atomic E-state index is 11.7. The first-order chi connectivity index (χ1) is 8.38. The second-order valence-electron chi connectivity index (χ2n) is 5.50. The zero-order chi connectivity index (χ0) is 13.3. The van der Waals surface area contributed by atoms with Gasteiger partial charge in [0.2, 0.25) is 10.0 Å². The fourth-order valence-electron chi connectivity index (χ4n) is 2.54. The molecular formula is C14H21NO2S. The van der Waals surface area contributed by atoms with Gasteiger partial charge in [0.15, 0.2) is 0 Å². The molecule has 1 heterocycles. The number of benzene rings is 1. The van der Waals surface area contributed by atoms with Crippen molar-refractivity contribution in [3.63, 3.8) is 0 Å². The van der Waals surface area contributed by atoms with Crippen molar-refractivity contribution >= 4 is 10.0 Å². The van der Waals surface area contributed by atoms with Crippen molar-refractivity contribution in [3.8, 4) is 0 Å². The lowest BCUT2D eigenvalue weighted by Crippen LogP contribution is -2.35. The molecule has 1 aromatic rings. The summed E-state index contributed by atoms with van der Waals surface area (Å²) >= 11 is 0. The lowest BCUT2D eigenvalue weighted by atomic mass is 9.91. The molecule has 0 aliphatic carbocycles. The summed E-state index contributed by atoms with van der Waals surface area (Å²) in [5.74, 6) is 0.588. The van der Waals surface area contributed by atoms with Crippen molar-refractivity contribution in [2.24, 2.45) is 5.92 Å². The van der Waals surface area contributed by atoms with E-state index in [0.717, 1.165) is 12.8 Å². The molecule has 3 nitrogen and oxygen atoms in total. The normalized spacial score (nSPS) is 16.9. The second kappa shape index (κ2) is 5.02. The molecule has 1 aliphatic heterocycles. The molecule has 4 heteroatoms. The largest absolute Gasteiger partial charge is 0.212 e. The van der Waals surface area contributed by atoms with Gasteiger partial charge in [-0.2, -0.15) is 4.31 Å². The lowest BCUT2D eigenvalue weighted by Gasteiger charge is -2.28. The minimum atomic E-state index is -3.08. The highest BCUT2D eigenvalue weighted by molar-refractivity contribution is 7.88. The van der Waals surface area contributed by atoms with Crippen LogP contribution < -0.4 is 0 Å². The molecule has 0 saturated carbocycles. The second-order valence-corrected chi connectivity index (χ2v) is 7.48. The third-order valence-corrected chi connectivity index (χ3v) is 4.68. The molecule has 0 aromatic heterocycles. The Labute approximate surface area is 110 Å². The first kappa shape index (κ1) is 13.6. The van der Waals surface area contributed by atoms with Crippen LogP contribution in [0.25, 0.3) is 0 Å². The van der Waals surface area contributed by atoms with Gasteiger partial charge in [-0.3, -0.25) is 0 Å². The average molecular weight is 267 g/mol. The van der Waals surface area contributed by atoms with Crippen molar-refractivity contribution in [2.45, 2.75) is 33.2 Å². The highest BCUT2D eigenvalue weighted by Crippen LogP contribution is 2.25. The summed E-state index contributed by atoms with van der Waals surface area (Å²) in [6.07, 6.45) is 3.14. The minimum absolute atomic E-state index is 0.539. The van der Waals surface area contributed by atoms with Crippen molar-refractivity contribution in [1.82, 2.24) is 4.31 Å². The van der Waals surface area contributed by atoms with Gasteiger partial charge in [0.05, 0.1) is 6.26 Å². The molecule has 100 valence electrons. The van der Waals surface area contributed by atoms with Crippen LogP contribution in [-0.4, -0.2) is 25.5 Å². The van der Waals surface area contributed by atoms with E-state index in [0.29, 0.717) is 19.0 Å². The van der Waals surface area contributed by atoms with Crippen LogP contribution in [-0.2, 0) is 29.4 Å². The van der Waals surface area contributed by atoms with Gasteiger partial charge in [-0.25, -0.2) is 8.42 Å². The summed E-state index contributed by atoms with van der Waals surface area (Å²) in [4.78, 5) is 0. The van der Waals surface area contributed by atoms with Crippen LogP contribution in [0.2, 0.25) is 0 Å². The van der Waals surface area contributed by atoms with Gasteiger partial charge >= 0.3 is 0 Å². The molecule has 0 unspecified atom stereocenters. The number of fused-ring (bicyclic) bond motifs is 1. The van der Waals surface area contributed by atoms with Gasteiger partial charge in [-0.1, -0.05) is 32.0 Å². The maximum Gasteiger partial charge on any atom is 0.211 e. The summed E-state index contributed by atoms with van der Waals surface area (Å²) in [5, 5.41) is 0. The molecular weight excluding hydrogens is 246 g/mol. The van der Waals surface area contributed by atoms with Crippen LogP contribution in [0.4, 0.5) is 0 Å². The van der Waals surface area contributed by atoms with E-state index in [4.69, 9.17) is 0 Å². The summed E-state index contributed by atoms with van der Waals surface area (Å²) in [7, 11) is -3.08. The van der Waals surface area contributed by atoms with Crippen LogP contribution in [0.15, 0.2) is 18.2 Å². The summed E-state index contributed by atoms with van der Waals surface area (Å²) in [5.41, 5.74) is 3.84. The summed E-state index contributed by atoms with van der Waals surface area (Å²) in [6.45, 7) is 5.53. The molecule has 0 fully saturated rings. The number of hydrogen-bond donors (Lipinski definition) is 0. The lowest BCUT2D eigenvalue weighted by molar-refractivity contribution is 0.392. The van der Waals surface area contributed by atoms with Gasteiger partial charge in [-0.05, 0) is 35.4 Å². The van der Waals surface area contributed by atoms with E-state index >= 15 is 0 Å². The Morgan fingerprint density at radius 2 is 2.06 bits per heavy atom. The monoisotopic (exact) mass is 267 g/mol. The van der Waals surface area contributed by atoms with Gasteiger partial charge < -0.3 is 0 Å². The van der Waals surface area contributed by atoms with Crippen LogP contribution >= 0.6 is 0 Å². The van der Waals surface area contributed by atoms with E-state index in [1.807, 2.05) is 0 Å². The summed E-state index contributed by atoms with van der Waals surface area (Å²) in [6, 6.07) is 6.34. The fourth-order valence-corrected chi connectivity index (χ4v) is 3.33. The van der Waals surface area contributed by atoms with Gasteiger partial charge in [0.1, 0.15) is 0 Å². The Bertz CT molecular complexity index is 535. The predicted octanol–water partition coefficient (Wildman–Crippen LogP) is 2.20. The van der Waals surface area contributed by atoms with Gasteiger partial charge in [0.25, 0.3) is 0 Å². The highest BCUT2D eigenvalue weighted by Gasteiger charge is 2.24. The zero-order valence-electron chi connectivity index (χ0n) is 11.3. The molecule has 0 spiro atoms. The van der Waals surface area contributed by atoms with E-state index in [2.05, 4.69) is 32.0 Å². The minimum Gasteiger partial charge on any atom is -0.212 e. The zero-order valence-corrected chi connectivity index (χ0v) is 12.1. The van der Waals surface area contributed by atoms with Crippen LogP contribution in [0.1, 0.15) is 30.5 Å². The van der Waals surface area contributed by atoms with Gasteiger partial charge in [0, 0.05) is 13.1 Å². The number of hydrogen-bond acceptors (Lipinski definition) is 2. The number of sulfonamides is 1. The smallest absolute Gasteiger partial charge is 0.211 e. The van der Waals surface area contributed by atoms with Crippen LogP contribution in [0.5, 0.6) is 0 Å².